The van der Waals surface area contributed by atoms with E-state index in [2.05, 4.69) is 0 Å². The molecule has 0 radical (unpaired) electrons. The first-order valence-corrected chi connectivity index (χ1v) is 6.85. The summed E-state index contributed by atoms with van der Waals surface area (Å²) in [6, 6.07) is 14.6. The second kappa shape index (κ2) is 6.53. The van der Waals surface area contributed by atoms with Crippen LogP contribution < -0.4 is 10.5 Å². The van der Waals surface area contributed by atoms with Gasteiger partial charge in [0.25, 0.3) is 0 Å². The maximum Gasteiger partial charge on any atom is 0.167 e. The summed E-state index contributed by atoms with van der Waals surface area (Å²) in [6.45, 7) is 3.71. The third kappa shape index (κ3) is 3.17. The first kappa shape index (κ1) is 14.5. The molecule has 2 aromatic carbocycles. The molecule has 0 amide bonds. The highest BCUT2D eigenvalue weighted by molar-refractivity contribution is 5.31. The molecule has 0 aliphatic heterocycles. The van der Waals surface area contributed by atoms with E-state index in [1.807, 2.05) is 37.3 Å². The van der Waals surface area contributed by atoms with E-state index in [1.54, 1.807) is 25.1 Å². The van der Waals surface area contributed by atoms with Gasteiger partial charge in [0.1, 0.15) is 6.10 Å². The van der Waals surface area contributed by atoms with Gasteiger partial charge >= 0.3 is 0 Å². The molecule has 2 rings (SSSR count). The molecule has 0 fully saturated rings. The Balaban J connectivity index is 2.19. The highest BCUT2D eigenvalue weighted by Gasteiger charge is 2.21. The van der Waals surface area contributed by atoms with Gasteiger partial charge in [-0.05, 0) is 30.5 Å². The normalized spacial score (nSPS) is 13.8. The minimum absolute atomic E-state index is 0.256. The number of nitrogens with two attached hydrogens (primary N) is 1. The molecule has 2 atom stereocenters. The fourth-order valence-electron chi connectivity index (χ4n) is 2.18. The van der Waals surface area contributed by atoms with Crippen LogP contribution >= 0.6 is 0 Å². The van der Waals surface area contributed by atoms with Crippen LogP contribution in [0.3, 0.4) is 0 Å². The highest BCUT2D eigenvalue weighted by Crippen LogP contribution is 2.25. The maximum absolute atomic E-state index is 14.0. The molecular formula is C17H20FNO. The maximum atomic E-state index is 14.0. The molecule has 2 aromatic rings. The number of hydrogen-bond donors (Lipinski definition) is 1. The van der Waals surface area contributed by atoms with Gasteiger partial charge in [-0.2, -0.15) is 0 Å². The van der Waals surface area contributed by atoms with Crippen LogP contribution in [0, 0.1) is 12.7 Å². The van der Waals surface area contributed by atoms with E-state index in [4.69, 9.17) is 10.5 Å². The van der Waals surface area contributed by atoms with E-state index in [-0.39, 0.29) is 23.7 Å². The molecule has 0 saturated heterocycles. The molecule has 0 aromatic heterocycles. The van der Waals surface area contributed by atoms with Crippen LogP contribution in [0.15, 0.2) is 48.5 Å². The zero-order valence-corrected chi connectivity index (χ0v) is 11.8. The summed E-state index contributed by atoms with van der Waals surface area (Å²) < 4.78 is 19.8. The first-order valence-electron chi connectivity index (χ1n) is 6.85. The van der Waals surface area contributed by atoms with Gasteiger partial charge < -0.3 is 10.5 Å². The van der Waals surface area contributed by atoms with Gasteiger partial charge in [-0.1, -0.05) is 49.4 Å². The van der Waals surface area contributed by atoms with Crippen molar-refractivity contribution in [2.45, 2.75) is 32.4 Å². The number of hydrogen-bond acceptors (Lipinski definition) is 2. The van der Waals surface area contributed by atoms with Crippen LogP contribution in [0.5, 0.6) is 5.75 Å². The van der Waals surface area contributed by atoms with Crippen LogP contribution in [-0.4, -0.2) is 6.10 Å². The van der Waals surface area contributed by atoms with E-state index in [9.17, 15) is 4.39 Å². The first-order chi connectivity index (χ1) is 9.63. The molecule has 0 heterocycles. The predicted molar refractivity (Wildman–Crippen MR) is 79.2 cm³/mol. The molecule has 20 heavy (non-hydrogen) atoms. The zero-order valence-electron chi connectivity index (χ0n) is 11.8. The number of benzene rings is 2. The van der Waals surface area contributed by atoms with Crippen molar-refractivity contribution in [1.82, 2.24) is 0 Å². The third-order valence-corrected chi connectivity index (χ3v) is 3.42. The van der Waals surface area contributed by atoms with Crippen LogP contribution in [0.25, 0.3) is 0 Å². The summed E-state index contributed by atoms with van der Waals surface area (Å²) in [5.41, 5.74) is 7.81. The van der Waals surface area contributed by atoms with E-state index in [0.29, 0.717) is 12.0 Å². The van der Waals surface area contributed by atoms with Crippen LogP contribution in [-0.2, 0) is 0 Å². The summed E-state index contributed by atoms with van der Waals surface area (Å²) in [4.78, 5) is 0. The van der Waals surface area contributed by atoms with Gasteiger partial charge in [-0.15, -0.1) is 0 Å². The number of halogens is 1. The van der Waals surface area contributed by atoms with Crippen molar-refractivity contribution in [1.29, 1.82) is 0 Å². The van der Waals surface area contributed by atoms with Crippen molar-refractivity contribution >= 4 is 0 Å². The average molecular weight is 273 g/mol. The molecule has 106 valence electrons. The second-order valence-corrected chi connectivity index (χ2v) is 4.89. The van der Waals surface area contributed by atoms with Crippen LogP contribution in [0.4, 0.5) is 4.39 Å². The summed E-state index contributed by atoms with van der Waals surface area (Å²) in [5, 5.41) is 0. The van der Waals surface area contributed by atoms with Gasteiger partial charge in [0, 0.05) is 0 Å². The van der Waals surface area contributed by atoms with E-state index >= 15 is 0 Å². The van der Waals surface area contributed by atoms with Crippen LogP contribution in [0.1, 0.15) is 30.5 Å². The van der Waals surface area contributed by atoms with Crippen molar-refractivity contribution in [2.75, 3.05) is 0 Å². The zero-order chi connectivity index (χ0) is 14.5. The lowest BCUT2D eigenvalue weighted by molar-refractivity contribution is 0.159. The van der Waals surface area contributed by atoms with E-state index < -0.39 is 0 Å². The Morgan fingerprint density at radius 3 is 2.45 bits per heavy atom. The highest BCUT2D eigenvalue weighted by atomic mass is 19.1. The Hall–Kier alpha value is -1.87. The molecule has 0 aliphatic carbocycles. The van der Waals surface area contributed by atoms with Gasteiger partial charge in [0.2, 0.25) is 0 Å². The lowest BCUT2D eigenvalue weighted by Crippen LogP contribution is -2.31. The summed E-state index contributed by atoms with van der Waals surface area (Å²) >= 11 is 0. The second-order valence-electron chi connectivity index (χ2n) is 4.89. The molecule has 3 heteroatoms. The number of rotatable bonds is 5. The summed E-state index contributed by atoms with van der Waals surface area (Å²) in [6.07, 6.45) is 0.456. The van der Waals surface area contributed by atoms with Crippen molar-refractivity contribution in [3.05, 3.63) is 65.5 Å². The van der Waals surface area contributed by atoms with Crippen molar-refractivity contribution in [2.24, 2.45) is 5.73 Å². The van der Waals surface area contributed by atoms with Crippen LogP contribution in [0.2, 0.25) is 0 Å². The number of ether oxygens (including phenoxy) is 1. The molecule has 0 aliphatic rings. The Morgan fingerprint density at radius 2 is 1.80 bits per heavy atom. The van der Waals surface area contributed by atoms with Crippen molar-refractivity contribution in [3.8, 4) is 5.75 Å². The molecule has 0 spiro atoms. The Bertz CT molecular complexity index is 556. The fourth-order valence-corrected chi connectivity index (χ4v) is 2.18. The summed E-state index contributed by atoms with van der Waals surface area (Å²) in [7, 11) is 0. The smallest absolute Gasteiger partial charge is 0.167 e. The fraction of sp³-hybridized carbons (Fsp3) is 0.294. The standard InChI is InChI=1S/C17H20FNO/c1-3-14(17(19)13-9-5-4-6-10-13)20-15-11-7-8-12(2)16(15)18/h4-11,14,17H,3,19H2,1-2H3. The Morgan fingerprint density at radius 1 is 1.10 bits per heavy atom. The molecule has 0 saturated carbocycles. The minimum atomic E-state index is -0.314. The Labute approximate surface area is 119 Å². The number of aryl methyl sites for hydroxylation is 1. The largest absolute Gasteiger partial charge is 0.485 e. The molecule has 2 N–H and O–H groups in total. The minimum Gasteiger partial charge on any atom is -0.485 e. The monoisotopic (exact) mass is 273 g/mol. The van der Waals surface area contributed by atoms with E-state index in [1.165, 1.54) is 0 Å². The van der Waals surface area contributed by atoms with Gasteiger partial charge in [-0.25, -0.2) is 4.39 Å². The molecule has 2 unspecified atom stereocenters. The lowest BCUT2D eigenvalue weighted by Gasteiger charge is -2.24. The van der Waals surface area contributed by atoms with Crippen molar-refractivity contribution in [3.63, 3.8) is 0 Å². The molecule has 2 nitrogen and oxygen atoms in total. The van der Waals surface area contributed by atoms with Gasteiger partial charge in [-0.3, -0.25) is 0 Å². The quantitative estimate of drug-likeness (QED) is 0.894. The molecule has 0 bridgehead atoms. The Kier molecular flexibility index (Phi) is 4.74. The van der Waals surface area contributed by atoms with Gasteiger partial charge in [0.05, 0.1) is 6.04 Å². The van der Waals surface area contributed by atoms with Crippen molar-refractivity contribution < 1.29 is 9.13 Å². The summed E-state index contributed by atoms with van der Waals surface area (Å²) in [5.74, 6) is -0.0468. The lowest BCUT2D eigenvalue weighted by atomic mass is 10.0. The topological polar surface area (TPSA) is 35.2 Å². The van der Waals surface area contributed by atoms with E-state index in [0.717, 1.165) is 5.56 Å². The molecular weight excluding hydrogens is 253 g/mol. The average Bonchev–Trinajstić information content (AvgIpc) is 2.49. The van der Waals surface area contributed by atoms with Gasteiger partial charge in [0.15, 0.2) is 11.6 Å². The SMILES string of the molecule is CCC(Oc1cccc(C)c1F)C(N)c1ccccc1. The third-order valence-electron chi connectivity index (χ3n) is 3.42. The predicted octanol–water partition coefficient (Wildman–Crippen LogP) is 3.99.